The molecule has 3 N–H and O–H groups in total. The summed E-state index contributed by atoms with van der Waals surface area (Å²) in [6.45, 7) is 5.06. The molecule has 0 radical (unpaired) electrons. The maximum absolute atomic E-state index is 12.3. The highest BCUT2D eigenvalue weighted by atomic mass is 16.5. The fraction of sp³-hybridized carbons (Fsp3) is 0.149. The molecule has 0 saturated carbocycles. The fourth-order valence-corrected chi connectivity index (χ4v) is 5.35. The summed E-state index contributed by atoms with van der Waals surface area (Å²) in [7, 11) is 0. The van der Waals surface area contributed by atoms with E-state index in [0.29, 0.717) is 34.5 Å². The minimum Gasteiger partial charge on any atom is -0.486 e. The van der Waals surface area contributed by atoms with E-state index in [1.807, 2.05) is 98.8 Å². The Morgan fingerprint density at radius 2 is 0.793 bits per heavy atom. The van der Waals surface area contributed by atoms with Gasteiger partial charge in [-0.2, -0.15) is 0 Å². The van der Waals surface area contributed by atoms with Crippen LogP contribution in [0.25, 0.3) is 0 Å². The Bertz CT molecular complexity index is 2120. The minimum atomic E-state index is -1.03. The van der Waals surface area contributed by atoms with Gasteiger partial charge in [-0.1, -0.05) is 60.7 Å². The minimum absolute atomic E-state index is 0.0296. The molecular formula is C47H44N2O9. The predicted molar refractivity (Wildman–Crippen MR) is 222 cm³/mol. The third-order valence-electron chi connectivity index (χ3n) is 8.34. The highest BCUT2D eigenvalue weighted by Gasteiger charge is 2.09. The van der Waals surface area contributed by atoms with Gasteiger partial charge in [-0.15, -0.1) is 0 Å². The number of anilines is 2. The van der Waals surface area contributed by atoms with Gasteiger partial charge in [0.1, 0.15) is 41.1 Å². The zero-order valence-corrected chi connectivity index (χ0v) is 32.4. The molecule has 2 amide bonds. The molecular weight excluding hydrogens is 737 g/mol. The number of carboxylic acid groups (broad SMARTS) is 1. The van der Waals surface area contributed by atoms with Crippen molar-refractivity contribution in [2.45, 2.75) is 33.6 Å². The summed E-state index contributed by atoms with van der Waals surface area (Å²) in [6.07, 6.45) is 0.557. The van der Waals surface area contributed by atoms with Crippen molar-refractivity contribution < 1.29 is 43.2 Å². The number of carbonyl (C=O) groups excluding carboxylic acids is 3. The zero-order valence-electron chi connectivity index (χ0n) is 32.4. The number of ketones is 1. The number of aliphatic carboxylic acids is 1. The number of ether oxygens (including phenoxy) is 4. The summed E-state index contributed by atoms with van der Waals surface area (Å²) >= 11 is 0. The second-order valence-corrected chi connectivity index (χ2v) is 13.2. The van der Waals surface area contributed by atoms with Crippen LogP contribution >= 0.6 is 0 Å². The number of amides is 2. The number of Topliss-reactive ketones (excluding diaryl/α,β-unsaturated/α-hetero) is 1. The lowest BCUT2D eigenvalue weighted by molar-refractivity contribution is -0.139. The monoisotopic (exact) mass is 780 g/mol. The van der Waals surface area contributed by atoms with Gasteiger partial charge in [-0.25, -0.2) is 4.79 Å². The average molecular weight is 781 g/mol. The molecule has 296 valence electrons. The molecule has 11 nitrogen and oxygen atoms in total. The Hall–Kier alpha value is -7.40. The Kier molecular flexibility index (Phi) is 15.2. The van der Waals surface area contributed by atoms with E-state index in [1.165, 1.54) is 6.92 Å². The summed E-state index contributed by atoms with van der Waals surface area (Å²) in [4.78, 5) is 46.0. The van der Waals surface area contributed by atoms with E-state index >= 15 is 0 Å². The lowest BCUT2D eigenvalue weighted by atomic mass is 10.1. The first kappa shape index (κ1) is 41.8. The standard InChI is InChI=1S/C24H23NO4.C23H21NO5/c1-17-5-3-4-6-23(17)25-24(27)15-19-7-9-21(10-8-19)29-22-13-11-20(12-14-22)28-16-18(2)26;1-16-4-2-3-5-21(16)24-22(25)14-17-6-8-19(9-7-17)29-20-12-10-18(11-13-20)28-15-23(26)27/h3-14H,15-16H2,1-2H3,(H,25,27);2-13H,14-15H2,1H3,(H,24,25)(H,26,27). The van der Waals surface area contributed by atoms with Crippen LogP contribution in [-0.4, -0.2) is 41.9 Å². The molecule has 0 atom stereocenters. The van der Waals surface area contributed by atoms with E-state index in [2.05, 4.69) is 10.6 Å². The first-order valence-electron chi connectivity index (χ1n) is 18.4. The lowest BCUT2D eigenvalue weighted by Gasteiger charge is -2.10. The summed E-state index contributed by atoms with van der Waals surface area (Å²) < 4.78 is 22.0. The lowest BCUT2D eigenvalue weighted by Crippen LogP contribution is -2.15. The molecule has 0 saturated heterocycles. The molecule has 0 aliphatic carbocycles. The molecule has 0 heterocycles. The van der Waals surface area contributed by atoms with E-state index in [-0.39, 0.29) is 43.7 Å². The topological polar surface area (TPSA) is 149 Å². The summed E-state index contributed by atoms with van der Waals surface area (Å²) in [6, 6.07) is 43.8. The summed E-state index contributed by atoms with van der Waals surface area (Å²) in [5, 5.41) is 14.5. The van der Waals surface area contributed by atoms with Crippen LogP contribution in [0.5, 0.6) is 34.5 Å². The predicted octanol–water partition coefficient (Wildman–Crippen LogP) is 9.37. The second-order valence-electron chi connectivity index (χ2n) is 13.2. The van der Waals surface area contributed by atoms with Crippen LogP contribution in [-0.2, 0) is 32.0 Å². The van der Waals surface area contributed by atoms with Crippen LogP contribution in [0.15, 0.2) is 146 Å². The van der Waals surface area contributed by atoms with Crippen LogP contribution in [0.2, 0.25) is 0 Å². The number of benzene rings is 6. The van der Waals surface area contributed by atoms with Gasteiger partial charge in [-0.05, 0) is 128 Å². The Labute approximate surface area is 337 Å². The average Bonchev–Trinajstić information content (AvgIpc) is 3.21. The van der Waals surface area contributed by atoms with Crippen molar-refractivity contribution in [3.63, 3.8) is 0 Å². The molecule has 0 aliphatic rings. The number of nitrogens with one attached hydrogen (secondary N) is 2. The first-order valence-corrected chi connectivity index (χ1v) is 18.4. The summed E-state index contributed by atoms with van der Waals surface area (Å²) in [5.74, 6) is 2.42. The molecule has 58 heavy (non-hydrogen) atoms. The van der Waals surface area contributed by atoms with Crippen molar-refractivity contribution in [1.82, 2.24) is 0 Å². The van der Waals surface area contributed by atoms with Gasteiger partial charge in [0, 0.05) is 11.4 Å². The Morgan fingerprint density at radius 3 is 1.14 bits per heavy atom. The van der Waals surface area contributed by atoms with Crippen molar-refractivity contribution in [2.24, 2.45) is 0 Å². The highest BCUT2D eigenvalue weighted by molar-refractivity contribution is 5.93. The number of carbonyl (C=O) groups is 4. The molecule has 6 aromatic carbocycles. The highest BCUT2D eigenvalue weighted by Crippen LogP contribution is 2.26. The van der Waals surface area contributed by atoms with E-state index < -0.39 is 5.97 Å². The van der Waals surface area contributed by atoms with Crippen molar-refractivity contribution in [3.05, 3.63) is 168 Å². The van der Waals surface area contributed by atoms with Gasteiger partial charge in [0.25, 0.3) is 0 Å². The van der Waals surface area contributed by atoms with Crippen LogP contribution in [0.3, 0.4) is 0 Å². The molecule has 0 aliphatic heterocycles. The van der Waals surface area contributed by atoms with E-state index in [9.17, 15) is 19.2 Å². The molecule has 11 heteroatoms. The fourth-order valence-electron chi connectivity index (χ4n) is 5.35. The molecule has 6 rings (SSSR count). The number of hydrogen-bond acceptors (Lipinski definition) is 8. The van der Waals surface area contributed by atoms with E-state index in [0.717, 1.165) is 33.6 Å². The number of rotatable bonds is 16. The van der Waals surface area contributed by atoms with Gasteiger partial charge >= 0.3 is 5.97 Å². The maximum Gasteiger partial charge on any atom is 0.341 e. The van der Waals surface area contributed by atoms with Crippen LogP contribution in [0.1, 0.15) is 29.2 Å². The molecule has 0 spiro atoms. The van der Waals surface area contributed by atoms with Crippen molar-refractivity contribution in [3.8, 4) is 34.5 Å². The molecule has 0 bridgehead atoms. The van der Waals surface area contributed by atoms with Gasteiger partial charge in [-0.3, -0.25) is 14.4 Å². The number of hydrogen-bond donors (Lipinski definition) is 3. The molecule has 0 aromatic heterocycles. The third-order valence-corrected chi connectivity index (χ3v) is 8.34. The van der Waals surface area contributed by atoms with Crippen LogP contribution < -0.4 is 29.6 Å². The second kappa shape index (κ2) is 21.1. The van der Waals surface area contributed by atoms with Crippen LogP contribution in [0.4, 0.5) is 11.4 Å². The number of carboxylic acids is 1. The Balaban J connectivity index is 0.000000221. The normalized spacial score (nSPS) is 10.3. The zero-order chi connectivity index (χ0) is 41.3. The first-order chi connectivity index (χ1) is 28.0. The summed E-state index contributed by atoms with van der Waals surface area (Å²) in [5.41, 5.74) is 5.46. The van der Waals surface area contributed by atoms with Crippen molar-refractivity contribution in [1.29, 1.82) is 0 Å². The van der Waals surface area contributed by atoms with Gasteiger partial charge in [0.15, 0.2) is 12.4 Å². The van der Waals surface area contributed by atoms with Crippen molar-refractivity contribution in [2.75, 3.05) is 23.8 Å². The maximum atomic E-state index is 12.3. The van der Waals surface area contributed by atoms with Crippen LogP contribution in [0, 0.1) is 13.8 Å². The molecule has 0 fully saturated rings. The number of aryl methyl sites for hydroxylation is 2. The Morgan fingerprint density at radius 1 is 0.466 bits per heavy atom. The van der Waals surface area contributed by atoms with E-state index in [1.54, 1.807) is 60.7 Å². The quantitative estimate of drug-likeness (QED) is 0.0873. The smallest absolute Gasteiger partial charge is 0.341 e. The largest absolute Gasteiger partial charge is 0.486 e. The van der Waals surface area contributed by atoms with Gasteiger partial charge in [0.2, 0.25) is 11.8 Å². The molecule has 6 aromatic rings. The van der Waals surface area contributed by atoms with Gasteiger partial charge in [0.05, 0.1) is 12.8 Å². The molecule has 0 unspecified atom stereocenters. The number of para-hydroxylation sites is 2. The third kappa shape index (κ3) is 14.0. The van der Waals surface area contributed by atoms with Gasteiger partial charge < -0.3 is 34.7 Å². The van der Waals surface area contributed by atoms with E-state index in [4.69, 9.17) is 24.1 Å². The SMILES string of the molecule is CC(=O)COc1ccc(Oc2ccc(CC(=O)Nc3ccccc3C)cc2)cc1.Cc1ccccc1NC(=O)Cc1ccc(Oc2ccc(OCC(=O)O)cc2)cc1. The van der Waals surface area contributed by atoms with Crippen molar-refractivity contribution >= 4 is 34.9 Å².